The molecule has 5 heteroatoms. The summed E-state index contributed by atoms with van der Waals surface area (Å²) in [5, 5.41) is 7.28. The first kappa shape index (κ1) is 9.99. The van der Waals surface area contributed by atoms with Crippen LogP contribution in [0.5, 0.6) is 0 Å². The number of nitrogens with zero attached hydrogens (tertiary/aromatic N) is 3. The molecular weight excluding hydrogens is 220 g/mol. The van der Waals surface area contributed by atoms with Gasteiger partial charge in [-0.25, -0.2) is 4.98 Å². The lowest BCUT2D eigenvalue weighted by atomic mass is 9.78. The molecule has 0 bridgehead atoms. The number of aromatic nitrogens is 3. The molecule has 1 aliphatic carbocycles. The molecule has 0 aromatic carbocycles. The fourth-order valence-electron chi connectivity index (χ4n) is 1.96. The lowest BCUT2D eigenvalue weighted by Gasteiger charge is -2.35. The second-order valence-corrected chi connectivity index (χ2v) is 5.31. The van der Waals surface area contributed by atoms with Crippen LogP contribution in [0, 0.1) is 0 Å². The molecule has 2 N–H and O–H groups in total. The molecule has 3 rings (SSSR count). The Morgan fingerprint density at radius 2 is 2.31 bits per heavy atom. The molecule has 1 fully saturated rings. The Labute approximate surface area is 98.1 Å². The van der Waals surface area contributed by atoms with Crippen LogP contribution in [0.2, 0.25) is 0 Å². The normalized spacial score (nSPS) is 18.4. The van der Waals surface area contributed by atoms with Gasteiger partial charge in [-0.1, -0.05) is 0 Å². The summed E-state index contributed by atoms with van der Waals surface area (Å²) in [7, 11) is 1.91. The van der Waals surface area contributed by atoms with Gasteiger partial charge in [-0.3, -0.25) is 4.68 Å². The fourth-order valence-corrected chi connectivity index (χ4v) is 2.96. The quantitative estimate of drug-likeness (QED) is 0.863. The lowest BCUT2D eigenvalue weighted by molar-refractivity contribution is 0.253. The third-order valence-electron chi connectivity index (χ3n) is 3.18. The molecule has 16 heavy (non-hydrogen) atoms. The predicted octanol–water partition coefficient (Wildman–Crippen LogP) is 1.88. The topological polar surface area (TPSA) is 56.7 Å². The van der Waals surface area contributed by atoms with Crippen LogP contribution >= 0.6 is 11.3 Å². The van der Waals surface area contributed by atoms with Crippen molar-refractivity contribution in [3.63, 3.8) is 0 Å². The van der Waals surface area contributed by atoms with Crippen molar-refractivity contribution in [1.82, 2.24) is 14.8 Å². The summed E-state index contributed by atoms with van der Waals surface area (Å²) in [6.45, 7) is 0. The van der Waals surface area contributed by atoms with E-state index >= 15 is 0 Å². The van der Waals surface area contributed by atoms with Crippen molar-refractivity contribution in [2.45, 2.75) is 24.8 Å². The number of aryl methyl sites for hydroxylation is 1. The maximum Gasteiger partial charge on any atom is 0.113 e. The molecule has 0 amide bonds. The van der Waals surface area contributed by atoms with Crippen LogP contribution in [0.1, 0.15) is 24.3 Å². The van der Waals surface area contributed by atoms with Gasteiger partial charge in [0.15, 0.2) is 0 Å². The largest absolute Gasteiger partial charge is 0.319 e. The maximum absolute atomic E-state index is 6.25. The Morgan fingerprint density at radius 3 is 2.88 bits per heavy atom. The second-order valence-electron chi connectivity index (χ2n) is 4.45. The van der Waals surface area contributed by atoms with E-state index in [2.05, 4.69) is 15.5 Å². The van der Waals surface area contributed by atoms with Crippen molar-refractivity contribution in [2.24, 2.45) is 12.8 Å². The average molecular weight is 234 g/mol. The Balaban J connectivity index is 1.93. The summed E-state index contributed by atoms with van der Waals surface area (Å²) in [5.41, 5.74) is 8.15. The van der Waals surface area contributed by atoms with Crippen molar-refractivity contribution in [3.8, 4) is 11.3 Å². The Morgan fingerprint density at radius 1 is 1.50 bits per heavy atom. The van der Waals surface area contributed by atoms with Gasteiger partial charge in [0, 0.05) is 24.2 Å². The minimum atomic E-state index is -0.148. The fraction of sp³-hybridized carbons (Fsp3) is 0.455. The summed E-state index contributed by atoms with van der Waals surface area (Å²) in [4.78, 5) is 4.63. The van der Waals surface area contributed by atoms with Crippen LogP contribution in [0.4, 0.5) is 0 Å². The zero-order valence-corrected chi connectivity index (χ0v) is 10.00. The van der Waals surface area contributed by atoms with Gasteiger partial charge in [-0.15, -0.1) is 11.3 Å². The van der Waals surface area contributed by atoms with E-state index in [-0.39, 0.29) is 5.54 Å². The third-order valence-corrected chi connectivity index (χ3v) is 4.24. The molecule has 0 radical (unpaired) electrons. The minimum absolute atomic E-state index is 0.148. The van der Waals surface area contributed by atoms with Crippen LogP contribution in [0.15, 0.2) is 17.8 Å². The predicted molar refractivity (Wildman–Crippen MR) is 64.0 cm³/mol. The molecule has 2 aromatic heterocycles. The monoisotopic (exact) mass is 234 g/mol. The average Bonchev–Trinajstić information content (AvgIpc) is 2.82. The van der Waals surface area contributed by atoms with Crippen molar-refractivity contribution in [2.75, 3.05) is 0 Å². The number of rotatable bonds is 2. The molecule has 0 saturated heterocycles. The van der Waals surface area contributed by atoms with Gasteiger partial charge in [-0.05, 0) is 19.3 Å². The number of thiazole rings is 1. The Kier molecular flexibility index (Phi) is 2.12. The van der Waals surface area contributed by atoms with E-state index in [9.17, 15) is 0 Å². The van der Waals surface area contributed by atoms with Crippen LogP contribution in [0.25, 0.3) is 11.3 Å². The first-order valence-corrected chi connectivity index (χ1v) is 6.29. The molecule has 0 aliphatic heterocycles. The van der Waals surface area contributed by atoms with E-state index < -0.39 is 0 Å². The third kappa shape index (κ3) is 1.47. The van der Waals surface area contributed by atoms with E-state index in [1.165, 1.54) is 6.42 Å². The molecule has 2 heterocycles. The van der Waals surface area contributed by atoms with E-state index in [0.29, 0.717) is 0 Å². The zero-order valence-electron chi connectivity index (χ0n) is 9.18. The molecular formula is C11H14N4S. The van der Waals surface area contributed by atoms with Gasteiger partial charge in [0.25, 0.3) is 0 Å². The first-order chi connectivity index (χ1) is 7.67. The van der Waals surface area contributed by atoms with Gasteiger partial charge in [-0.2, -0.15) is 5.10 Å². The summed E-state index contributed by atoms with van der Waals surface area (Å²) in [6.07, 6.45) is 7.16. The molecule has 0 spiro atoms. The van der Waals surface area contributed by atoms with Crippen molar-refractivity contribution in [3.05, 3.63) is 22.8 Å². The highest BCUT2D eigenvalue weighted by molar-refractivity contribution is 7.10. The Hall–Kier alpha value is -1.20. The standard InChI is InChI=1S/C11H14N4S/c1-15-6-8(5-13-15)9-7-16-10(14-9)11(12)3-2-4-11/h5-7H,2-4,12H2,1H3. The highest BCUT2D eigenvalue weighted by Crippen LogP contribution is 2.40. The van der Waals surface area contributed by atoms with Gasteiger partial charge in [0.1, 0.15) is 5.01 Å². The highest BCUT2D eigenvalue weighted by atomic mass is 32.1. The molecule has 4 nitrogen and oxygen atoms in total. The first-order valence-electron chi connectivity index (χ1n) is 5.41. The number of hydrogen-bond acceptors (Lipinski definition) is 4. The SMILES string of the molecule is Cn1cc(-c2csc(C3(N)CCC3)n2)cn1. The van der Waals surface area contributed by atoms with Gasteiger partial charge in [0.2, 0.25) is 0 Å². The van der Waals surface area contributed by atoms with Crippen molar-refractivity contribution in [1.29, 1.82) is 0 Å². The summed E-state index contributed by atoms with van der Waals surface area (Å²) in [5.74, 6) is 0. The van der Waals surface area contributed by atoms with Crippen LogP contribution in [-0.4, -0.2) is 14.8 Å². The van der Waals surface area contributed by atoms with Crippen LogP contribution in [-0.2, 0) is 12.6 Å². The number of hydrogen-bond donors (Lipinski definition) is 1. The van der Waals surface area contributed by atoms with E-state index in [1.807, 2.05) is 19.4 Å². The van der Waals surface area contributed by atoms with E-state index in [0.717, 1.165) is 29.1 Å². The smallest absolute Gasteiger partial charge is 0.113 e. The van der Waals surface area contributed by atoms with Gasteiger partial charge in [0.05, 0.1) is 17.4 Å². The van der Waals surface area contributed by atoms with Gasteiger partial charge >= 0.3 is 0 Å². The molecule has 1 aliphatic rings. The summed E-state index contributed by atoms with van der Waals surface area (Å²) in [6, 6.07) is 0. The summed E-state index contributed by atoms with van der Waals surface area (Å²) < 4.78 is 1.79. The Bertz CT molecular complexity index is 510. The zero-order chi connectivity index (χ0) is 11.2. The van der Waals surface area contributed by atoms with Crippen LogP contribution < -0.4 is 5.73 Å². The van der Waals surface area contributed by atoms with Gasteiger partial charge < -0.3 is 5.73 Å². The molecule has 2 aromatic rings. The maximum atomic E-state index is 6.25. The lowest BCUT2D eigenvalue weighted by Crippen LogP contribution is -2.43. The molecule has 0 atom stereocenters. The minimum Gasteiger partial charge on any atom is -0.319 e. The van der Waals surface area contributed by atoms with E-state index in [1.54, 1.807) is 16.0 Å². The number of nitrogens with two attached hydrogens (primary N) is 1. The highest BCUT2D eigenvalue weighted by Gasteiger charge is 2.37. The van der Waals surface area contributed by atoms with Crippen molar-refractivity contribution >= 4 is 11.3 Å². The molecule has 84 valence electrons. The molecule has 1 saturated carbocycles. The van der Waals surface area contributed by atoms with Crippen molar-refractivity contribution < 1.29 is 0 Å². The van der Waals surface area contributed by atoms with E-state index in [4.69, 9.17) is 5.73 Å². The van der Waals surface area contributed by atoms with Crippen LogP contribution in [0.3, 0.4) is 0 Å². The molecule has 0 unspecified atom stereocenters. The second kappa shape index (κ2) is 3.40. The summed E-state index contributed by atoms with van der Waals surface area (Å²) >= 11 is 1.66.